The molecule has 9 nitrogen and oxygen atoms in total. The number of fused-ring (bicyclic) bond motifs is 4. The molecule has 1 aromatic heterocycles. The average Bonchev–Trinajstić information content (AvgIpc) is 3.68. The topological polar surface area (TPSA) is 164 Å². The van der Waals surface area contributed by atoms with Crippen molar-refractivity contribution >= 4 is 0 Å². The second-order valence-electron chi connectivity index (χ2n) is 17.3. The lowest BCUT2D eigenvalue weighted by atomic mass is 9.73. The van der Waals surface area contributed by atoms with Gasteiger partial charge in [-0.3, -0.25) is 0 Å². The van der Waals surface area contributed by atoms with E-state index in [9.17, 15) is 25.5 Å². The van der Waals surface area contributed by atoms with E-state index in [0.717, 1.165) is 54.5 Å². The molecule has 0 unspecified atom stereocenters. The monoisotopic (exact) mass is 785 g/mol. The number of nitrogens with one attached hydrogen (secondary N) is 2. The third-order valence-corrected chi connectivity index (χ3v) is 13.5. The van der Waals surface area contributed by atoms with E-state index in [-0.39, 0.29) is 41.1 Å². The van der Waals surface area contributed by atoms with Gasteiger partial charge in [0.2, 0.25) is 0 Å². The molecule has 0 saturated carbocycles. The van der Waals surface area contributed by atoms with Crippen molar-refractivity contribution in [3.63, 3.8) is 0 Å². The zero-order chi connectivity index (χ0) is 40.3. The number of allylic oxidation sites excluding steroid dienone is 4. The highest BCUT2D eigenvalue weighted by molar-refractivity contribution is 5.52. The lowest BCUT2D eigenvalue weighted by molar-refractivity contribution is -0.0608. The SMILES string of the molecule is C[C@H](Cc1ccccc1)[C@H]1C#C[C@H]2C=C3CCc4cc(O)c(O[C@@H]5[C@@H](O)[C@H](O)C=C[C@H]5[C@H](Cc5ccc[nH]5)C5=CCNC(N)=C5)cc4[C@@H]3C[C@@H](O)[C@H]2[C@@H](O)CCCC1. The highest BCUT2D eigenvalue weighted by atomic mass is 16.5. The van der Waals surface area contributed by atoms with Crippen LogP contribution in [0.1, 0.15) is 73.8 Å². The van der Waals surface area contributed by atoms with Crippen molar-refractivity contribution < 1.29 is 30.3 Å². The quantitative estimate of drug-likeness (QED) is 0.0975. The molecule has 4 aliphatic carbocycles. The Balaban J connectivity index is 1.10. The minimum absolute atomic E-state index is 0.0346. The fourth-order valence-electron chi connectivity index (χ4n) is 10.3. The molecule has 2 aromatic carbocycles. The molecular formula is C49H59N3O6. The molecule has 0 fully saturated rings. The number of phenols is 1. The molecule has 306 valence electrons. The van der Waals surface area contributed by atoms with Gasteiger partial charge in [0.15, 0.2) is 11.5 Å². The zero-order valence-electron chi connectivity index (χ0n) is 33.4. The number of ether oxygens (including phenoxy) is 1. The normalized spacial score (nSPS) is 31.8. The van der Waals surface area contributed by atoms with Crippen molar-refractivity contribution in [2.24, 2.45) is 41.2 Å². The maximum absolute atomic E-state index is 12.0. The number of nitrogens with two attached hydrogens (primary N) is 1. The first kappa shape index (κ1) is 40.1. The Morgan fingerprint density at radius 3 is 2.55 bits per heavy atom. The van der Waals surface area contributed by atoms with Crippen LogP contribution in [0.4, 0.5) is 0 Å². The summed E-state index contributed by atoms with van der Waals surface area (Å²) in [7, 11) is 0. The van der Waals surface area contributed by atoms with E-state index in [2.05, 4.69) is 65.5 Å². The van der Waals surface area contributed by atoms with Crippen LogP contribution >= 0.6 is 0 Å². The fraction of sp³-hybridized carbons (Fsp3) is 0.469. The molecule has 0 bridgehead atoms. The first-order chi connectivity index (χ1) is 28.1. The van der Waals surface area contributed by atoms with Gasteiger partial charge in [-0.2, -0.15) is 0 Å². The summed E-state index contributed by atoms with van der Waals surface area (Å²) in [6, 6.07) is 18.2. The van der Waals surface area contributed by atoms with Crippen LogP contribution < -0.4 is 15.8 Å². The molecule has 1 aliphatic heterocycles. The summed E-state index contributed by atoms with van der Waals surface area (Å²) >= 11 is 0. The van der Waals surface area contributed by atoms with Gasteiger partial charge in [0, 0.05) is 48.0 Å². The number of aromatic nitrogens is 1. The Morgan fingerprint density at radius 1 is 0.931 bits per heavy atom. The molecule has 9 N–H and O–H groups in total. The Kier molecular flexibility index (Phi) is 12.2. The Labute approximate surface area is 342 Å². The summed E-state index contributed by atoms with van der Waals surface area (Å²) in [6.07, 6.45) is 13.8. The van der Waals surface area contributed by atoms with Crippen LogP contribution in [0.15, 0.2) is 108 Å². The molecule has 5 aliphatic rings. The summed E-state index contributed by atoms with van der Waals surface area (Å²) in [5, 5.41) is 60.8. The van der Waals surface area contributed by atoms with Crippen molar-refractivity contribution in [3.05, 3.63) is 131 Å². The number of benzene rings is 2. The highest BCUT2D eigenvalue weighted by Gasteiger charge is 2.43. The molecule has 0 radical (unpaired) electrons. The number of phenolic OH excluding ortho intramolecular Hbond substituents is 1. The van der Waals surface area contributed by atoms with Crippen molar-refractivity contribution in [1.29, 1.82) is 0 Å². The fourth-order valence-corrected chi connectivity index (χ4v) is 10.3. The van der Waals surface area contributed by atoms with Crippen LogP contribution in [-0.4, -0.2) is 67.6 Å². The third-order valence-electron chi connectivity index (χ3n) is 13.5. The van der Waals surface area contributed by atoms with Crippen LogP contribution in [0.5, 0.6) is 11.5 Å². The molecule has 0 amide bonds. The van der Waals surface area contributed by atoms with Gasteiger partial charge in [-0.25, -0.2) is 0 Å². The molecule has 58 heavy (non-hydrogen) atoms. The summed E-state index contributed by atoms with van der Waals surface area (Å²) in [6.45, 7) is 2.86. The Bertz CT molecular complexity index is 2080. The van der Waals surface area contributed by atoms with E-state index in [1.165, 1.54) is 11.1 Å². The first-order valence-electron chi connectivity index (χ1n) is 21.3. The number of aromatic amines is 1. The number of hydrogen-bond acceptors (Lipinski definition) is 8. The average molecular weight is 786 g/mol. The Hall–Kier alpha value is -4.72. The van der Waals surface area contributed by atoms with Gasteiger partial charge in [-0.05, 0) is 109 Å². The number of aryl methyl sites for hydroxylation is 1. The number of H-pyrrole nitrogens is 1. The van der Waals surface area contributed by atoms with Crippen LogP contribution in [-0.2, 0) is 19.3 Å². The molecule has 0 saturated heterocycles. The summed E-state index contributed by atoms with van der Waals surface area (Å²) in [4.78, 5) is 3.31. The molecule has 12 atom stereocenters. The third kappa shape index (κ3) is 8.67. The van der Waals surface area contributed by atoms with Crippen molar-refractivity contribution in [1.82, 2.24) is 10.3 Å². The van der Waals surface area contributed by atoms with Gasteiger partial charge in [-0.1, -0.05) is 91.8 Å². The van der Waals surface area contributed by atoms with Crippen molar-refractivity contribution in [3.8, 4) is 23.3 Å². The van der Waals surface area contributed by atoms with Crippen LogP contribution in [0.2, 0.25) is 0 Å². The number of dihydropyridines is 1. The Morgan fingerprint density at radius 2 is 1.76 bits per heavy atom. The molecule has 9 heteroatoms. The van der Waals surface area contributed by atoms with E-state index in [1.807, 2.05) is 42.6 Å². The standard InChI is InChI=1S/C49H59N3O6/c1-29(22-30-8-3-2-4-9-30)31-10-5-6-12-41(53)47-35(16-13-31)23-32-14-15-33-24-43(55)45(28-40(33)39(32)27-44(47)56)58-49-37(17-18-42(54)48(49)57)38(26-36-11-7-20-51-36)34-19-21-52-46(50)25-34/h2-4,7-9,11,17-20,23-25,28-29,31,35,37-39,41-42,44,47-49,51-57H,5-6,10,12,14-15,21-22,26-27,50H2,1H3/t29-,31-,35+,37+,38-,39-,41+,42-,44-,47-,48+,49+/m1/s1. The predicted molar refractivity (Wildman–Crippen MR) is 225 cm³/mol. The molecular weight excluding hydrogens is 727 g/mol. The predicted octanol–water partition coefficient (Wildman–Crippen LogP) is 5.95. The lowest BCUT2D eigenvalue weighted by Gasteiger charge is -2.40. The summed E-state index contributed by atoms with van der Waals surface area (Å²) in [5.74, 6) is 7.20. The largest absolute Gasteiger partial charge is 0.504 e. The molecule has 0 spiro atoms. The van der Waals surface area contributed by atoms with Gasteiger partial charge in [-0.15, -0.1) is 0 Å². The minimum Gasteiger partial charge on any atom is -0.504 e. The van der Waals surface area contributed by atoms with Crippen LogP contribution in [0.25, 0.3) is 0 Å². The second kappa shape index (κ2) is 17.6. The lowest BCUT2D eigenvalue weighted by Crippen LogP contribution is -2.50. The molecule has 8 rings (SSSR count). The van der Waals surface area contributed by atoms with Gasteiger partial charge in [0.25, 0.3) is 0 Å². The number of aliphatic hydroxyl groups is 4. The first-order valence-corrected chi connectivity index (χ1v) is 21.3. The molecule has 3 aromatic rings. The van der Waals surface area contributed by atoms with Gasteiger partial charge < -0.3 is 46.3 Å². The van der Waals surface area contributed by atoms with E-state index in [0.29, 0.717) is 44.0 Å². The zero-order valence-corrected chi connectivity index (χ0v) is 33.4. The number of rotatable bonds is 9. The number of aliphatic hydroxyl groups excluding tert-OH is 4. The maximum atomic E-state index is 12.0. The van der Waals surface area contributed by atoms with Gasteiger partial charge >= 0.3 is 0 Å². The second-order valence-corrected chi connectivity index (χ2v) is 17.3. The van der Waals surface area contributed by atoms with Crippen molar-refractivity contribution in [2.45, 2.75) is 101 Å². The van der Waals surface area contributed by atoms with E-state index in [4.69, 9.17) is 10.5 Å². The van der Waals surface area contributed by atoms with Crippen LogP contribution in [0.3, 0.4) is 0 Å². The minimum atomic E-state index is -1.26. The van der Waals surface area contributed by atoms with Gasteiger partial charge in [0.05, 0.1) is 18.0 Å². The van der Waals surface area contributed by atoms with E-state index >= 15 is 0 Å². The van der Waals surface area contributed by atoms with Crippen molar-refractivity contribution in [2.75, 3.05) is 6.54 Å². The summed E-state index contributed by atoms with van der Waals surface area (Å²) < 4.78 is 6.69. The number of aromatic hydroxyl groups is 1. The number of hydrogen-bond donors (Lipinski definition) is 8. The molecule has 2 heterocycles. The van der Waals surface area contributed by atoms with E-state index < -0.39 is 36.4 Å². The van der Waals surface area contributed by atoms with Crippen LogP contribution in [0, 0.1) is 47.3 Å². The van der Waals surface area contributed by atoms with Gasteiger partial charge in [0.1, 0.15) is 18.3 Å². The maximum Gasteiger partial charge on any atom is 0.161 e. The summed E-state index contributed by atoms with van der Waals surface area (Å²) in [5.41, 5.74) is 12.7. The smallest absolute Gasteiger partial charge is 0.161 e. The highest BCUT2D eigenvalue weighted by Crippen LogP contribution is 2.48. The van der Waals surface area contributed by atoms with E-state index in [1.54, 1.807) is 12.1 Å².